The van der Waals surface area contributed by atoms with Gasteiger partial charge in [0.15, 0.2) is 0 Å². The molecular weight excluding hydrogens is 728 g/mol. The van der Waals surface area contributed by atoms with E-state index in [0.717, 1.165) is 58.3 Å². The molecule has 58 heavy (non-hydrogen) atoms. The lowest BCUT2D eigenvalue weighted by atomic mass is 10.1. The fourth-order valence-electron chi connectivity index (χ4n) is 6.80. The van der Waals surface area contributed by atoms with E-state index in [4.69, 9.17) is 13.6 Å². The molecule has 0 aromatic carbocycles. The smallest absolute Gasteiger partial charge is 0.312 e. The highest BCUT2D eigenvalue weighted by atomic mass is 31.2. The van der Waals surface area contributed by atoms with E-state index < -0.39 is 8.60 Å². The fourth-order valence-corrected chi connectivity index (χ4v) is 7.86. The first-order valence-electron chi connectivity index (χ1n) is 25.4. The Morgan fingerprint density at radius 1 is 0.241 bits per heavy atom. The third-order valence-electron chi connectivity index (χ3n) is 10.6. The summed E-state index contributed by atoms with van der Waals surface area (Å²) in [7, 11) is -1.23. The molecule has 0 fully saturated rings. The van der Waals surface area contributed by atoms with Crippen molar-refractivity contribution in [3.05, 3.63) is 72.9 Å². The Morgan fingerprint density at radius 2 is 0.448 bits per heavy atom. The van der Waals surface area contributed by atoms with Crippen LogP contribution < -0.4 is 0 Å². The van der Waals surface area contributed by atoms with Crippen LogP contribution in [0.2, 0.25) is 0 Å². The average molecular weight is 827 g/mol. The summed E-state index contributed by atoms with van der Waals surface area (Å²) in [5.41, 5.74) is 0. The predicted molar refractivity (Wildman–Crippen MR) is 263 cm³/mol. The zero-order valence-electron chi connectivity index (χ0n) is 39.2. The van der Waals surface area contributed by atoms with Crippen LogP contribution in [0.15, 0.2) is 72.9 Å². The van der Waals surface area contributed by atoms with Crippen molar-refractivity contribution in [2.45, 2.75) is 252 Å². The second-order valence-electron chi connectivity index (χ2n) is 16.5. The molecular formula is C54H99O3P. The number of hydrogen-bond donors (Lipinski definition) is 0. The molecule has 0 radical (unpaired) electrons. The van der Waals surface area contributed by atoms with Crippen molar-refractivity contribution in [2.24, 2.45) is 0 Å². The van der Waals surface area contributed by atoms with Crippen LogP contribution in [0.4, 0.5) is 0 Å². The van der Waals surface area contributed by atoms with Crippen LogP contribution in [0.5, 0.6) is 0 Å². The van der Waals surface area contributed by atoms with E-state index >= 15 is 0 Å². The lowest BCUT2D eigenvalue weighted by Crippen LogP contribution is -2.00. The highest BCUT2D eigenvalue weighted by Crippen LogP contribution is 2.40. The first kappa shape index (κ1) is 56.8. The molecule has 0 heterocycles. The highest BCUT2D eigenvalue weighted by molar-refractivity contribution is 7.41. The zero-order chi connectivity index (χ0) is 41.8. The molecule has 338 valence electrons. The quantitative estimate of drug-likeness (QED) is 0.0347. The molecule has 0 spiro atoms. The maximum Gasteiger partial charge on any atom is 0.332 e. The van der Waals surface area contributed by atoms with Crippen molar-refractivity contribution < 1.29 is 13.6 Å². The minimum Gasteiger partial charge on any atom is -0.312 e. The molecule has 0 saturated heterocycles. The zero-order valence-corrected chi connectivity index (χ0v) is 40.1. The summed E-state index contributed by atoms with van der Waals surface area (Å²) in [6, 6.07) is 0. The van der Waals surface area contributed by atoms with Gasteiger partial charge >= 0.3 is 8.60 Å². The van der Waals surface area contributed by atoms with Crippen LogP contribution in [-0.4, -0.2) is 19.8 Å². The van der Waals surface area contributed by atoms with E-state index in [-0.39, 0.29) is 0 Å². The Bertz CT molecular complexity index is 816. The minimum atomic E-state index is -1.23. The summed E-state index contributed by atoms with van der Waals surface area (Å²) in [5, 5.41) is 0. The van der Waals surface area contributed by atoms with Gasteiger partial charge in [0.2, 0.25) is 0 Å². The molecule has 0 saturated carbocycles. The molecule has 4 heteroatoms. The molecule has 0 aliphatic heterocycles. The summed E-state index contributed by atoms with van der Waals surface area (Å²) in [6.45, 7) is 9.08. The van der Waals surface area contributed by atoms with Crippen LogP contribution in [0.25, 0.3) is 0 Å². The Labute approximate surface area is 365 Å². The fraction of sp³-hybridized carbons (Fsp3) is 0.778. The number of hydrogen-bond acceptors (Lipinski definition) is 3. The maximum absolute atomic E-state index is 6.20. The summed E-state index contributed by atoms with van der Waals surface area (Å²) >= 11 is 0. The van der Waals surface area contributed by atoms with E-state index in [1.165, 1.54) is 193 Å². The maximum atomic E-state index is 6.20. The van der Waals surface area contributed by atoms with Crippen LogP contribution in [0, 0.1) is 0 Å². The van der Waals surface area contributed by atoms with Crippen LogP contribution >= 0.6 is 8.60 Å². The van der Waals surface area contributed by atoms with Gasteiger partial charge in [0.25, 0.3) is 0 Å². The predicted octanol–water partition coefficient (Wildman–Crippen LogP) is 19.7. The minimum absolute atomic E-state index is 0.758. The Hall–Kier alpha value is -1.25. The molecule has 0 N–H and O–H groups in total. The van der Waals surface area contributed by atoms with E-state index in [1.807, 2.05) is 0 Å². The topological polar surface area (TPSA) is 27.7 Å². The number of unbranched alkanes of at least 4 members (excludes halogenated alkanes) is 27. The Kier molecular flexibility index (Phi) is 52.6. The van der Waals surface area contributed by atoms with Crippen molar-refractivity contribution in [1.82, 2.24) is 0 Å². The molecule has 0 amide bonds. The van der Waals surface area contributed by atoms with Crippen LogP contribution in [0.3, 0.4) is 0 Å². The van der Waals surface area contributed by atoms with Gasteiger partial charge < -0.3 is 13.6 Å². The largest absolute Gasteiger partial charge is 0.332 e. The summed E-state index contributed by atoms with van der Waals surface area (Å²) in [6.07, 6.45) is 73.6. The average Bonchev–Trinajstić information content (AvgIpc) is 3.23. The van der Waals surface area contributed by atoms with Crippen LogP contribution in [-0.2, 0) is 13.6 Å². The van der Waals surface area contributed by atoms with Crippen molar-refractivity contribution in [3.63, 3.8) is 0 Å². The Balaban J connectivity index is 4.12. The summed E-state index contributed by atoms with van der Waals surface area (Å²) < 4.78 is 18.6. The van der Waals surface area contributed by atoms with Gasteiger partial charge in [-0.05, 0) is 116 Å². The third-order valence-corrected chi connectivity index (χ3v) is 11.8. The van der Waals surface area contributed by atoms with Gasteiger partial charge in [-0.3, -0.25) is 0 Å². The van der Waals surface area contributed by atoms with Gasteiger partial charge in [-0.1, -0.05) is 209 Å². The van der Waals surface area contributed by atoms with E-state index in [2.05, 4.69) is 93.7 Å². The molecule has 0 aliphatic carbocycles. The van der Waals surface area contributed by atoms with E-state index in [1.54, 1.807) is 0 Å². The van der Waals surface area contributed by atoms with Gasteiger partial charge in [-0.25, -0.2) is 0 Å². The third kappa shape index (κ3) is 50.9. The molecule has 0 bridgehead atoms. The lowest BCUT2D eigenvalue weighted by Gasteiger charge is -2.17. The number of allylic oxidation sites excluding steroid dienone is 12. The molecule has 0 unspecified atom stereocenters. The second-order valence-corrected chi connectivity index (χ2v) is 17.7. The van der Waals surface area contributed by atoms with Gasteiger partial charge in [0, 0.05) is 0 Å². The van der Waals surface area contributed by atoms with Crippen LogP contribution in [0.1, 0.15) is 252 Å². The molecule has 0 aliphatic rings. The first-order valence-corrected chi connectivity index (χ1v) is 26.5. The van der Waals surface area contributed by atoms with E-state index in [9.17, 15) is 0 Å². The molecule has 0 atom stereocenters. The molecule has 0 aromatic heterocycles. The standard InChI is InChI=1S/C54H99O3P/c1-4-7-10-13-16-19-22-25-28-31-34-37-40-43-46-49-52-55-58(56-53-50-47-44-41-38-35-32-29-26-23-20-17-14-11-8-5-2)57-54-51-48-45-42-39-36-33-30-27-24-21-18-15-12-9-6-3/h16-21,25-30H,4-15,22-24,31-54H2,1-3H3/b19-16-,20-17-,21-18-,28-25-,29-26-,30-27-. The van der Waals surface area contributed by atoms with Gasteiger partial charge in [-0.2, -0.15) is 0 Å². The summed E-state index contributed by atoms with van der Waals surface area (Å²) in [5.74, 6) is 0. The first-order chi connectivity index (χ1) is 28.8. The molecule has 0 rings (SSSR count). The van der Waals surface area contributed by atoms with Gasteiger partial charge in [0.1, 0.15) is 0 Å². The monoisotopic (exact) mass is 827 g/mol. The lowest BCUT2D eigenvalue weighted by molar-refractivity contribution is 0.153. The Morgan fingerprint density at radius 3 is 0.690 bits per heavy atom. The summed E-state index contributed by atoms with van der Waals surface area (Å²) in [4.78, 5) is 0. The highest BCUT2D eigenvalue weighted by Gasteiger charge is 2.12. The second kappa shape index (κ2) is 53.8. The van der Waals surface area contributed by atoms with E-state index in [0.29, 0.717) is 0 Å². The van der Waals surface area contributed by atoms with Crippen molar-refractivity contribution in [1.29, 1.82) is 0 Å². The van der Waals surface area contributed by atoms with Crippen molar-refractivity contribution in [2.75, 3.05) is 19.8 Å². The SMILES string of the molecule is CCCCC/C=C\C/C=C\CCCCCCCCOP(OCCCCCCCC/C=C\C/C=C\CCCCC)OCCCCCCCC/C=C\C/C=C\CCCCC. The molecule has 3 nitrogen and oxygen atoms in total. The van der Waals surface area contributed by atoms with Crippen molar-refractivity contribution in [3.8, 4) is 0 Å². The molecule has 0 aromatic rings. The van der Waals surface area contributed by atoms with Gasteiger partial charge in [0.05, 0.1) is 19.8 Å². The van der Waals surface area contributed by atoms with Crippen molar-refractivity contribution >= 4 is 8.60 Å². The normalized spacial score (nSPS) is 12.6. The van der Waals surface area contributed by atoms with Gasteiger partial charge in [-0.15, -0.1) is 0 Å². The number of rotatable bonds is 48.